The molecular weight excluding hydrogens is 212 g/mol. The first-order chi connectivity index (χ1) is 5.04. The first-order valence-corrected chi connectivity index (χ1v) is 3.63. The summed E-state index contributed by atoms with van der Waals surface area (Å²) in [7, 11) is 0. The van der Waals surface area contributed by atoms with E-state index >= 15 is 0 Å². The summed E-state index contributed by atoms with van der Waals surface area (Å²) in [6.07, 6.45) is 0. The molecule has 0 unspecified atom stereocenters. The Morgan fingerprint density at radius 1 is 1.09 bits per heavy atom. The topological polar surface area (TPSA) is 53.1 Å². The molecule has 0 aliphatic heterocycles. The van der Waals surface area contributed by atoms with E-state index < -0.39 is 11.4 Å². The Labute approximate surface area is 76.5 Å². The molecule has 1 heterocycles. The van der Waals surface area contributed by atoms with Crippen molar-refractivity contribution in [1.29, 1.82) is 0 Å². The number of aromatic amines is 1. The zero-order chi connectivity index (χ0) is 8.59. The summed E-state index contributed by atoms with van der Waals surface area (Å²) in [5, 5.41) is 8.35. The Kier molecular flexibility index (Phi) is 2.32. The Hall–Kier alpha value is -0.380. The average Bonchev–Trinajstić information content (AvgIpc) is 1.97. The average molecular weight is 214 g/mol. The standard InChI is InChI=1S/C5H2Cl3NO2/c6-1-2(7)4(10)9-5(11)3(1)8/h(H2,9,10,11). The maximum absolute atomic E-state index is 10.7. The summed E-state index contributed by atoms with van der Waals surface area (Å²) in [5.74, 6) is -0.480. The summed E-state index contributed by atoms with van der Waals surface area (Å²) in [5.41, 5.74) is -0.668. The number of H-pyrrole nitrogens is 1. The molecule has 0 aliphatic rings. The largest absolute Gasteiger partial charge is 0.493 e. The normalized spacial score (nSPS) is 10.1. The van der Waals surface area contributed by atoms with Gasteiger partial charge in [0.2, 0.25) is 5.88 Å². The van der Waals surface area contributed by atoms with Crippen LogP contribution in [0.25, 0.3) is 0 Å². The summed E-state index contributed by atoms with van der Waals surface area (Å²) < 4.78 is 0. The molecule has 0 spiro atoms. The van der Waals surface area contributed by atoms with Crippen molar-refractivity contribution in [2.75, 3.05) is 0 Å². The van der Waals surface area contributed by atoms with Crippen molar-refractivity contribution in [3.63, 3.8) is 0 Å². The number of halogens is 3. The number of hydrogen-bond donors (Lipinski definition) is 2. The fraction of sp³-hybridized carbons (Fsp3) is 0. The van der Waals surface area contributed by atoms with Crippen LogP contribution in [0.4, 0.5) is 0 Å². The molecule has 2 N–H and O–H groups in total. The van der Waals surface area contributed by atoms with Crippen LogP contribution in [0.1, 0.15) is 0 Å². The molecule has 0 saturated heterocycles. The first-order valence-electron chi connectivity index (χ1n) is 2.49. The predicted molar refractivity (Wildman–Crippen MR) is 43.8 cm³/mol. The lowest BCUT2D eigenvalue weighted by atomic mass is 10.5. The lowest BCUT2D eigenvalue weighted by molar-refractivity contribution is 0.452. The Morgan fingerprint density at radius 2 is 1.64 bits per heavy atom. The van der Waals surface area contributed by atoms with Gasteiger partial charge < -0.3 is 5.11 Å². The number of nitrogens with one attached hydrogen (secondary N) is 1. The van der Waals surface area contributed by atoms with Crippen LogP contribution >= 0.6 is 34.8 Å². The highest BCUT2D eigenvalue weighted by atomic mass is 35.5. The van der Waals surface area contributed by atoms with Crippen LogP contribution in [0.15, 0.2) is 4.79 Å². The lowest BCUT2D eigenvalue weighted by Gasteiger charge is -1.98. The maximum Gasteiger partial charge on any atom is 0.271 e. The molecule has 60 valence electrons. The Bertz CT molecular complexity index is 346. The maximum atomic E-state index is 10.7. The third-order valence-corrected chi connectivity index (χ3v) is 2.32. The zero-order valence-electron chi connectivity index (χ0n) is 4.99. The van der Waals surface area contributed by atoms with Gasteiger partial charge in [-0.25, -0.2) is 0 Å². The van der Waals surface area contributed by atoms with Crippen molar-refractivity contribution in [2.45, 2.75) is 0 Å². The highest BCUT2D eigenvalue weighted by molar-refractivity contribution is 6.48. The van der Waals surface area contributed by atoms with E-state index in [9.17, 15) is 4.79 Å². The SMILES string of the molecule is O=c1[nH]c(O)c(Cl)c(Cl)c1Cl. The number of pyridine rings is 1. The third-order valence-electron chi connectivity index (χ3n) is 1.02. The minimum Gasteiger partial charge on any atom is -0.493 e. The van der Waals surface area contributed by atoms with E-state index in [1.165, 1.54) is 0 Å². The van der Waals surface area contributed by atoms with E-state index in [4.69, 9.17) is 39.9 Å². The van der Waals surface area contributed by atoms with Crippen LogP contribution < -0.4 is 5.56 Å². The summed E-state index contributed by atoms with van der Waals surface area (Å²) in [4.78, 5) is 12.7. The third kappa shape index (κ3) is 1.45. The first kappa shape index (κ1) is 8.71. The number of hydrogen-bond acceptors (Lipinski definition) is 2. The fourth-order valence-corrected chi connectivity index (χ4v) is 1.02. The molecule has 0 amide bonds. The summed E-state index contributed by atoms with van der Waals surface area (Å²) in [6.45, 7) is 0. The van der Waals surface area contributed by atoms with Gasteiger partial charge in [0.15, 0.2) is 0 Å². The molecule has 6 heteroatoms. The molecule has 1 aromatic rings. The van der Waals surface area contributed by atoms with Gasteiger partial charge in [0.05, 0.1) is 5.02 Å². The van der Waals surface area contributed by atoms with Crippen molar-refractivity contribution >= 4 is 34.8 Å². The number of aromatic hydroxyl groups is 1. The molecule has 0 aliphatic carbocycles. The summed E-state index contributed by atoms with van der Waals surface area (Å²) in [6, 6.07) is 0. The molecule has 0 fully saturated rings. The van der Waals surface area contributed by atoms with E-state index in [1.807, 2.05) is 4.98 Å². The molecular formula is C5H2Cl3NO2. The van der Waals surface area contributed by atoms with Crippen LogP contribution in [-0.4, -0.2) is 10.1 Å². The summed E-state index contributed by atoms with van der Waals surface area (Å²) >= 11 is 16.2. The molecule has 0 saturated carbocycles. The lowest BCUT2D eigenvalue weighted by Crippen LogP contribution is -2.06. The number of aromatic nitrogens is 1. The fourth-order valence-electron chi connectivity index (χ4n) is 0.517. The molecule has 3 nitrogen and oxygen atoms in total. The van der Waals surface area contributed by atoms with Crippen molar-refractivity contribution in [3.8, 4) is 5.88 Å². The minimum atomic E-state index is -0.668. The molecule has 0 atom stereocenters. The molecule has 1 rings (SSSR count). The quantitative estimate of drug-likeness (QED) is 0.694. The van der Waals surface area contributed by atoms with Gasteiger partial charge in [-0.05, 0) is 0 Å². The van der Waals surface area contributed by atoms with Gasteiger partial charge in [-0.15, -0.1) is 0 Å². The van der Waals surface area contributed by atoms with Gasteiger partial charge in [-0.3, -0.25) is 9.78 Å². The van der Waals surface area contributed by atoms with E-state index in [2.05, 4.69) is 0 Å². The van der Waals surface area contributed by atoms with Gasteiger partial charge in [-0.2, -0.15) is 0 Å². The zero-order valence-corrected chi connectivity index (χ0v) is 7.26. The van der Waals surface area contributed by atoms with Crippen LogP contribution in [0.2, 0.25) is 15.1 Å². The second kappa shape index (κ2) is 2.93. The number of rotatable bonds is 0. The van der Waals surface area contributed by atoms with Gasteiger partial charge in [-0.1, -0.05) is 34.8 Å². The van der Waals surface area contributed by atoms with Gasteiger partial charge in [0, 0.05) is 0 Å². The highest BCUT2D eigenvalue weighted by Crippen LogP contribution is 2.31. The van der Waals surface area contributed by atoms with Crippen LogP contribution in [0.5, 0.6) is 5.88 Å². The van der Waals surface area contributed by atoms with E-state index in [0.29, 0.717) is 0 Å². The van der Waals surface area contributed by atoms with E-state index in [1.54, 1.807) is 0 Å². The van der Waals surface area contributed by atoms with Crippen LogP contribution in [0, 0.1) is 0 Å². The molecule has 0 aromatic carbocycles. The van der Waals surface area contributed by atoms with E-state index in [-0.39, 0.29) is 15.1 Å². The predicted octanol–water partition coefficient (Wildman–Crippen LogP) is 2.04. The van der Waals surface area contributed by atoms with Crippen molar-refractivity contribution in [2.24, 2.45) is 0 Å². The molecule has 0 bridgehead atoms. The molecule has 0 radical (unpaired) electrons. The van der Waals surface area contributed by atoms with Crippen LogP contribution in [0.3, 0.4) is 0 Å². The Morgan fingerprint density at radius 3 is 2.18 bits per heavy atom. The Balaban J connectivity index is 3.59. The second-order valence-corrected chi connectivity index (χ2v) is 2.88. The second-order valence-electron chi connectivity index (χ2n) is 1.74. The van der Waals surface area contributed by atoms with E-state index in [0.717, 1.165) is 0 Å². The van der Waals surface area contributed by atoms with Crippen molar-refractivity contribution < 1.29 is 5.11 Å². The van der Waals surface area contributed by atoms with Crippen molar-refractivity contribution in [3.05, 3.63) is 25.4 Å². The van der Waals surface area contributed by atoms with Crippen LogP contribution in [-0.2, 0) is 0 Å². The minimum absolute atomic E-state index is 0.144. The highest BCUT2D eigenvalue weighted by Gasteiger charge is 2.11. The van der Waals surface area contributed by atoms with Gasteiger partial charge in [0.25, 0.3) is 5.56 Å². The monoisotopic (exact) mass is 213 g/mol. The van der Waals surface area contributed by atoms with Crippen molar-refractivity contribution in [1.82, 2.24) is 4.98 Å². The van der Waals surface area contributed by atoms with Gasteiger partial charge in [0.1, 0.15) is 10.0 Å². The molecule has 11 heavy (non-hydrogen) atoms. The molecule has 1 aromatic heterocycles. The smallest absolute Gasteiger partial charge is 0.271 e. The van der Waals surface area contributed by atoms with Gasteiger partial charge >= 0.3 is 0 Å².